The molecule has 3 saturated carbocycles. The van der Waals surface area contributed by atoms with Gasteiger partial charge in [-0.05, 0) is 80.1 Å². The van der Waals surface area contributed by atoms with Crippen molar-refractivity contribution in [2.24, 2.45) is 28.6 Å². The van der Waals surface area contributed by atoms with E-state index in [4.69, 9.17) is 9.47 Å². The number of aliphatic hydroxyl groups is 2. The number of allylic oxidation sites excluding steroid dienone is 2. The molecule has 0 amide bonds. The molecule has 31 heavy (non-hydrogen) atoms. The Kier molecular flexibility index (Phi) is 5.29. The fraction of sp³-hybridized carbons (Fsp3) is 0.852. The first kappa shape index (κ1) is 22.1. The van der Waals surface area contributed by atoms with Crippen LogP contribution in [0.3, 0.4) is 0 Å². The predicted octanol–water partition coefficient (Wildman–Crippen LogP) is 5.14. The summed E-state index contributed by atoms with van der Waals surface area (Å²) in [6.45, 7) is 12.0. The SMILES string of the molecule is C=CCC[C@H]1C[C@]2(C)[C@@H](O)CC[C@H]2[C@@H]2CC[C@@]3(O)CC4(CCC3=C12)OCC(C)(C)CO4. The first-order valence-electron chi connectivity index (χ1n) is 12.6. The van der Waals surface area contributed by atoms with Crippen molar-refractivity contribution in [2.75, 3.05) is 13.2 Å². The van der Waals surface area contributed by atoms with Crippen LogP contribution in [-0.2, 0) is 9.47 Å². The smallest absolute Gasteiger partial charge is 0.171 e. The van der Waals surface area contributed by atoms with Gasteiger partial charge in [0.15, 0.2) is 5.79 Å². The van der Waals surface area contributed by atoms with Crippen molar-refractivity contribution >= 4 is 0 Å². The van der Waals surface area contributed by atoms with Crippen molar-refractivity contribution in [3.8, 4) is 0 Å². The molecule has 0 radical (unpaired) electrons. The monoisotopic (exact) mass is 430 g/mol. The first-order valence-corrected chi connectivity index (χ1v) is 12.6. The molecule has 4 aliphatic carbocycles. The van der Waals surface area contributed by atoms with Crippen molar-refractivity contribution in [2.45, 2.75) is 102 Å². The van der Waals surface area contributed by atoms with Gasteiger partial charge in [-0.1, -0.05) is 32.4 Å². The van der Waals surface area contributed by atoms with Crippen molar-refractivity contribution in [1.29, 1.82) is 0 Å². The second kappa shape index (κ2) is 7.41. The molecule has 1 heterocycles. The lowest BCUT2D eigenvalue weighted by Crippen LogP contribution is -2.57. The second-order valence-corrected chi connectivity index (χ2v) is 12.4. The molecule has 1 aliphatic heterocycles. The van der Waals surface area contributed by atoms with Gasteiger partial charge < -0.3 is 19.7 Å². The number of aliphatic hydroxyl groups excluding tert-OH is 1. The summed E-state index contributed by atoms with van der Waals surface area (Å²) in [6.07, 6.45) is 11.1. The summed E-state index contributed by atoms with van der Waals surface area (Å²) in [4.78, 5) is 0. The molecule has 6 atom stereocenters. The molecular formula is C27H42O4. The maximum atomic E-state index is 12.0. The molecule has 1 saturated heterocycles. The summed E-state index contributed by atoms with van der Waals surface area (Å²) in [5.41, 5.74) is 2.12. The molecular weight excluding hydrogens is 388 g/mol. The van der Waals surface area contributed by atoms with Gasteiger partial charge in [0.25, 0.3) is 0 Å². The van der Waals surface area contributed by atoms with Crippen LogP contribution in [0.2, 0.25) is 0 Å². The minimum absolute atomic E-state index is 0.0209. The molecule has 5 aliphatic rings. The summed E-state index contributed by atoms with van der Waals surface area (Å²) in [5.74, 6) is 0.889. The van der Waals surface area contributed by atoms with E-state index >= 15 is 0 Å². The van der Waals surface area contributed by atoms with E-state index in [1.807, 2.05) is 6.08 Å². The first-order chi connectivity index (χ1) is 14.6. The fourth-order valence-electron chi connectivity index (χ4n) is 7.97. The van der Waals surface area contributed by atoms with E-state index in [-0.39, 0.29) is 16.9 Å². The van der Waals surface area contributed by atoms with Gasteiger partial charge in [0, 0.05) is 18.3 Å². The predicted molar refractivity (Wildman–Crippen MR) is 121 cm³/mol. The molecule has 4 nitrogen and oxygen atoms in total. The zero-order valence-corrected chi connectivity index (χ0v) is 19.8. The Bertz CT molecular complexity index is 759. The summed E-state index contributed by atoms with van der Waals surface area (Å²) in [6, 6.07) is 0. The molecule has 0 aromatic rings. The number of hydrogen-bond acceptors (Lipinski definition) is 4. The highest BCUT2D eigenvalue weighted by Crippen LogP contribution is 2.64. The van der Waals surface area contributed by atoms with Gasteiger partial charge in [0.1, 0.15) is 0 Å². The van der Waals surface area contributed by atoms with Crippen LogP contribution in [0.15, 0.2) is 23.8 Å². The third-order valence-corrected chi connectivity index (χ3v) is 9.64. The van der Waals surface area contributed by atoms with Crippen LogP contribution in [-0.4, -0.2) is 40.9 Å². The minimum Gasteiger partial charge on any atom is -0.393 e. The van der Waals surface area contributed by atoms with Crippen LogP contribution in [0.1, 0.15) is 85.0 Å². The third kappa shape index (κ3) is 3.48. The van der Waals surface area contributed by atoms with Crippen molar-refractivity contribution in [3.63, 3.8) is 0 Å². The molecule has 0 aromatic carbocycles. The Hall–Kier alpha value is -0.680. The Morgan fingerprint density at radius 1 is 1.10 bits per heavy atom. The average molecular weight is 431 g/mol. The van der Waals surface area contributed by atoms with Crippen molar-refractivity contribution in [3.05, 3.63) is 23.8 Å². The summed E-state index contributed by atoms with van der Waals surface area (Å²) >= 11 is 0. The van der Waals surface area contributed by atoms with E-state index < -0.39 is 11.4 Å². The molecule has 1 spiro atoms. The van der Waals surface area contributed by atoms with Gasteiger partial charge in [-0.15, -0.1) is 6.58 Å². The van der Waals surface area contributed by atoms with Crippen molar-refractivity contribution in [1.82, 2.24) is 0 Å². The third-order valence-electron chi connectivity index (χ3n) is 9.64. The molecule has 174 valence electrons. The number of hydrogen-bond donors (Lipinski definition) is 2. The molecule has 0 aromatic heterocycles. The van der Waals surface area contributed by atoms with Gasteiger partial charge in [0.05, 0.1) is 24.9 Å². The van der Waals surface area contributed by atoms with Gasteiger partial charge in [-0.3, -0.25) is 0 Å². The van der Waals surface area contributed by atoms with Crippen molar-refractivity contribution < 1.29 is 19.7 Å². The lowest BCUT2D eigenvalue weighted by molar-refractivity contribution is -0.322. The standard InChI is InChI=1S/C27H42O4/c1-5-6-7-18-14-25(4)20(8-9-22(25)28)19-10-12-26(29)15-27(13-11-21(26)23(18)19)30-16-24(2,3)17-31-27/h5,18-20,22,28-29H,1,6-17H2,2-4H3/t18-,19-,20-,22-,25-,26+/m0/s1. The number of ether oxygens (including phenoxy) is 2. The van der Waals surface area contributed by atoms with E-state index in [0.29, 0.717) is 37.4 Å². The fourth-order valence-corrected chi connectivity index (χ4v) is 7.97. The van der Waals surface area contributed by atoms with Crippen LogP contribution in [0, 0.1) is 28.6 Å². The molecule has 2 N–H and O–H groups in total. The van der Waals surface area contributed by atoms with Gasteiger partial charge in [-0.2, -0.15) is 0 Å². The summed E-state index contributed by atoms with van der Waals surface area (Å²) in [5, 5.41) is 22.9. The quantitative estimate of drug-likeness (QED) is 0.609. The maximum absolute atomic E-state index is 12.0. The zero-order chi connectivity index (χ0) is 22.1. The average Bonchev–Trinajstić information content (AvgIpc) is 3.02. The van der Waals surface area contributed by atoms with E-state index in [2.05, 4.69) is 27.4 Å². The Balaban J connectivity index is 1.49. The largest absolute Gasteiger partial charge is 0.393 e. The van der Waals surface area contributed by atoms with Crippen LogP contribution in [0.25, 0.3) is 0 Å². The number of rotatable bonds is 3. The van der Waals surface area contributed by atoms with Crippen LogP contribution < -0.4 is 0 Å². The second-order valence-electron chi connectivity index (χ2n) is 12.4. The molecule has 4 heteroatoms. The molecule has 0 unspecified atom stereocenters. The summed E-state index contributed by atoms with van der Waals surface area (Å²) < 4.78 is 12.6. The van der Waals surface area contributed by atoms with E-state index in [9.17, 15) is 10.2 Å². The van der Waals surface area contributed by atoms with Gasteiger partial charge in [0.2, 0.25) is 0 Å². The molecule has 0 bridgehead atoms. The van der Waals surface area contributed by atoms with E-state index in [0.717, 1.165) is 57.8 Å². The van der Waals surface area contributed by atoms with Gasteiger partial charge >= 0.3 is 0 Å². The molecule has 4 fully saturated rings. The van der Waals surface area contributed by atoms with Crippen LogP contribution in [0.5, 0.6) is 0 Å². The lowest BCUT2D eigenvalue weighted by Gasteiger charge is -2.57. The Labute approximate surface area is 188 Å². The normalized spacial score (nSPS) is 45.7. The number of fused-ring (bicyclic) bond motifs is 4. The highest BCUT2D eigenvalue weighted by molar-refractivity contribution is 5.37. The van der Waals surface area contributed by atoms with E-state index in [1.165, 1.54) is 5.57 Å². The van der Waals surface area contributed by atoms with E-state index in [1.54, 1.807) is 5.57 Å². The lowest BCUT2D eigenvalue weighted by atomic mass is 9.51. The summed E-state index contributed by atoms with van der Waals surface area (Å²) in [7, 11) is 0. The zero-order valence-electron chi connectivity index (χ0n) is 19.8. The minimum atomic E-state index is -0.803. The molecule has 5 rings (SSSR count). The maximum Gasteiger partial charge on any atom is 0.171 e. The highest BCUT2D eigenvalue weighted by atomic mass is 16.7. The highest BCUT2D eigenvalue weighted by Gasteiger charge is 2.60. The van der Waals surface area contributed by atoms with Crippen LogP contribution in [0.4, 0.5) is 0 Å². The van der Waals surface area contributed by atoms with Gasteiger partial charge in [-0.25, -0.2) is 0 Å². The van der Waals surface area contributed by atoms with Crippen LogP contribution >= 0.6 is 0 Å². The topological polar surface area (TPSA) is 58.9 Å². The Morgan fingerprint density at radius 3 is 2.55 bits per heavy atom. The Morgan fingerprint density at radius 2 is 1.84 bits per heavy atom.